The molecule has 0 aliphatic carbocycles. The summed E-state index contributed by atoms with van der Waals surface area (Å²) in [6.45, 7) is 4.08. The van der Waals surface area contributed by atoms with E-state index in [1.807, 2.05) is 6.92 Å². The summed E-state index contributed by atoms with van der Waals surface area (Å²) in [7, 11) is 3.18. The first-order chi connectivity index (χ1) is 11.0. The molecule has 1 heterocycles. The van der Waals surface area contributed by atoms with Crippen LogP contribution in [0.25, 0.3) is 0 Å². The van der Waals surface area contributed by atoms with E-state index in [2.05, 4.69) is 11.9 Å². The zero-order valence-corrected chi connectivity index (χ0v) is 15.2. The number of rotatable bonds is 6. The second-order valence-electron chi connectivity index (χ2n) is 4.98. The number of thiazole rings is 1. The van der Waals surface area contributed by atoms with Gasteiger partial charge in [0.1, 0.15) is 22.1 Å². The van der Waals surface area contributed by atoms with Gasteiger partial charge >= 0.3 is 0 Å². The molecule has 2 rings (SSSR count). The van der Waals surface area contributed by atoms with Crippen LogP contribution in [0.2, 0.25) is 0 Å². The second-order valence-corrected chi connectivity index (χ2v) is 6.65. The van der Waals surface area contributed by atoms with Gasteiger partial charge in [-0.15, -0.1) is 0 Å². The summed E-state index contributed by atoms with van der Waals surface area (Å²) in [4.78, 5) is 5.04. The topological polar surface area (TPSA) is 56.0 Å². The lowest BCUT2D eigenvalue weighted by Gasteiger charge is -2.11. The van der Waals surface area contributed by atoms with E-state index in [0.29, 0.717) is 26.0 Å². The predicted molar refractivity (Wildman–Crippen MR) is 96.6 cm³/mol. The van der Waals surface area contributed by atoms with Crippen LogP contribution in [0, 0.1) is 3.95 Å². The summed E-state index contributed by atoms with van der Waals surface area (Å²) >= 11 is 6.67. The molecule has 2 aromatic rings. The van der Waals surface area contributed by atoms with Crippen molar-refractivity contribution in [3.63, 3.8) is 0 Å². The van der Waals surface area contributed by atoms with E-state index in [9.17, 15) is 5.11 Å². The first kappa shape index (κ1) is 17.5. The van der Waals surface area contributed by atoms with Crippen molar-refractivity contribution in [2.75, 3.05) is 14.2 Å². The number of hydrogen-bond acceptors (Lipinski definition) is 6. The first-order valence-electron chi connectivity index (χ1n) is 7.22. The van der Waals surface area contributed by atoms with Crippen LogP contribution in [0.15, 0.2) is 23.2 Å². The quantitative estimate of drug-likeness (QED) is 0.603. The summed E-state index contributed by atoms with van der Waals surface area (Å²) < 4.78 is 12.9. The smallest absolute Gasteiger partial charge is 0.212 e. The summed E-state index contributed by atoms with van der Waals surface area (Å²) in [6, 6.07) is 5.52. The molecule has 1 unspecified atom stereocenters. The normalized spacial score (nSPS) is 12.5. The van der Waals surface area contributed by atoms with Crippen LogP contribution in [-0.4, -0.2) is 30.1 Å². The van der Waals surface area contributed by atoms with Crippen LogP contribution in [0.3, 0.4) is 0 Å². The van der Waals surface area contributed by atoms with Crippen molar-refractivity contribution in [3.05, 3.63) is 27.0 Å². The Labute approximate surface area is 144 Å². The minimum atomic E-state index is 0.149. The van der Waals surface area contributed by atoms with Crippen molar-refractivity contribution in [2.45, 2.75) is 26.3 Å². The molecule has 7 heteroatoms. The maximum absolute atomic E-state index is 10.4. The molecule has 0 aliphatic rings. The summed E-state index contributed by atoms with van der Waals surface area (Å²) in [5.74, 6) is 1.46. The Morgan fingerprint density at radius 1 is 1.39 bits per heavy atom. The first-order valence-corrected chi connectivity index (χ1v) is 8.44. The SMILES string of the molecule is CCC(C)n1c(O)c(C=Nc2ccc(OC)cc2OC)sc1=S. The van der Waals surface area contributed by atoms with Crippen LogP contribution >= 0.6 is 23.6 Å². The minimum absolute atomic E-state index is 0.149. The lowest BCUT2D eigenvalue weighted by Crippen LogP contribution is -2.02. The van der Waals surface area contributed by atoms with E-state index in [1.165, 1.54) is 11.3 Å². The number of ether oxygens (including phenoxy) is 2. The molecule has 1 atom stereocenters. The highest BCUT2D eigenvalue weighted by Crippen LogP contribution is 2.33. The zero-order chi connectivity index (χ0) is 17.0. The lowest BCUT2D eigenvalue weighted by molar-refractivity contribution is 0.384. The predicted octanol–water partition coefficient (Wildman–Crippen LogP) is 4.72. The van der Waals surface area contributed by atoms with Gasteiger partial charge in [-0.25, -0.2) is 0 Å². The third-order valence-electron chi connectivity index (χ3n) is 3.58. The molecule has 23 heavy (non-hydrogen) atoms. The molecule has 124 valence electrons. The molecule has 0 saturated heterocycles. The highest BCUT2D eigenvalue weighted by Gasteiger charge is 2.14. The number of aromatic hydroxyl groups is 1. The van der Waals surface area contributed by atoms with Crippen molar-refractivity contribution in [1.82, 2.24) is 4.57 Å². The molecule has 1 aromatic carbocycles. The Morgan fingerprint density at radius 2 is 2.13 bits per heavy atom. The van der Waals surface area contributed by atoms with Crippen molar-refractivity contribution in [3.8, 4) is 17.4 Å². The van der Waals surface area contributed by atoms with Crippen molar-refractivity contribution in [2.24, 2.45) is 4.99 Å². The van der Waals surface area contributed by atoms with Crippen LogP contribution in [-0.2, 0) is 0 Å². The maximum atomic E-state index is 10.4. The molecule has 1 aromatic heterocycles. The fourth-order valence-electron chi connectivity index (χ4n) is 2.07. The van der Waals surface area contributed by atoms with Gasteiger partial charge in [-0.05, 0) is 37.7 Å². The number of aliphatic imine (C=N–C) groups is 1. The Kier molecular flexibility index (Phi) is 5.79. The molecule has 0 saturated carbocycles. The number of aromatic nitrogens is 1. The van der Waals surface area contributed by atoms with Crippen LogP contribution in [0.1, 0.15) is 31.2 Å². The maximum Gasteiger partial charge on any atom is 0.212 e. The van der Waals surface area contributed by atoms with Crippen molar-refractivity contribution < 1.29 is 14.6 Å². The minimum Gasteiger partial charge on any atom is -0.497 e. The molecule has 0 radical (unpaired) electrons. The molecule has 1 N–H and O–H groups in total. The van der Waals surface area contributed by atoms with Gasteiger partial charge < -0.3 is 14.6 Å². The van der Waals surface area contributed by atoms with Gasteiger partial charge in [0, 0.05) is 12.1 Å². The number of methoxy groups -OCH3 is 2. The molecule has 0 amide bonds. The number of hydrogen-bond donors (Lipinski definition) is 1. The van der Waals surface area contributed by atoms with Gasteiger partial charge in [-0.3, -0.25) is 9.56 Å². The van der Waals surface area contributed by atoms with Gasteiger partial charge in [0.2, 0.25) is 5.88 Å². The standard InChI is InChI=1S/C16H20N2O3S2/c1-5-10(2)18-15(19)14(23-16(18)22)9-17-12-7-6-11(20-3)8-13(12)21-4/h6-10,19H,5H2,1-4H3. The molecule has 0 fully saturated rings. The number of benzene rings is 1. The van der Waals surface area contributed by atoms with Gasteiger partial charge in [0.15, 0.2) is 3.95 Å². The Morgan fingerprint density at radius 3 is 2.74 bits per heavy atom. The van der Waals surface area contributed by atoms with E-state index in [-0.39, 0.29) is 11.9 Å². The third-order valence-corrected chi connectivity index (χ3v) is 4.91. The van der Waals surface area contributed by atoms with Crippen molar-refractivity contribution in [1.29, 1.82) is 0 Å². The van der Waals surface area contributed by atoms with Gasteiger partial charge in [-0.2, -0.15) is 0 Å². The molecule has 0 aliphatic heterocycles. The zero-order valence-electron chi connectivity index (χ0n) is 13.6. The van der Waals surface area contributed by atoms with Crippen molar-refractivity contribution >= 4 is 35.5 Å². The monoisotopic (exact) mass is 352 g/mol. The Balaban J connectivity index is 2.36. The largest absolute Gasteiger partial charge is 0.497 e. The van der Waals surface area contributed by atoms with E-state index < -0.39 is 0 Å². The third kappa shape index (κ3) is 3.73. The second kappa shape index (κ2) is 7.61. The van der Waals surface area contributed by atoms with Gasteiger partial charge in [0.05, 0.1) is 20.4 Å². The molecule has 5 nitrogen and oxygen atoms in total. The highest BCUT2D eigenvalue weighted by molar-refractivity contribution is 7.73. The van der Waals surface area contributed by atoms with Gasteiger partial charge in [0.25, 0.3) is 0 Å². The fourth-order valence-corrected chi connectivity index (χ4v) is 3.45. The van der Waals surface area contributed by atoms with E-state index in [4.69, 9.17) is 21.7 Å². The average molecular weight is 352 g/mol. The average Bonchev–Trinajstić information content (AvgIpc) is 2.85. The summed E-state index contributed by atoms with van der Waals surface area (Å²) in [5.41, 5.74) is 0.655. The van der Waals surface area contributed by atoms with Crippen LogP contribution < -0.4 is 9.47 Å². The van der Waals surface area contributed by atoms with Crippen LogP contribution in [0.5, 0.6) is 17.4 Å². The van der Waals surface area contributed by atoms with Crippen LogP contribution in [0.4, 0.5) is 5.69 Å². The molecular weight excluding hydrogens is 332 g/mol. The summed E-state index contributed by atoms with van der Waals surface area (Å²) in [6.07, 6.45) is 2.50. The fraction of sp³-hybridized carbons (Fsp3) is 0.375. The summed E-state index contributed by atoms with van der Waals surface area (Å²) in [5, 5.41) is 10.4. The number of nitrogens with zero attached hydrogens (tertiary/aromatic N) is 2. The lowest BCUT2D eigenvalue weighted by atomic mass is 10.2. The molecule has 0 spiro atoms. The van der Waals surface area contributed by atoms with E-state index in [0.717, 1.165) is 6.42 Å². The van der Waals surface area contributed by atoms with E-state index >= 15 is 0 Å². The van der Waals surface area contributed by atoms with E-state index in [1.54, 1.807) is 43.2 Å². The Hall–Kier alpha value is -1.86. The van der Waals surface area contributed by atoms with Gasteiger partial charge in [-0.1, -0.05) is 18.3 Å². The molecular formula is C16H20N2O3S2. The highest BCUT2D eigenvalue weighted by atomic mass is 32.1. The Bertz CT molecular complexity index is 765. The molecule has 0 bridgehead atoms.